The molecule has 0 spiro atoms. The molecule has 1 unspecified atom stereocenters. The third kappa shape index (κ3) is 4.06. The van der Waals surface area contributed by atoms with E-state index in [2.05, 4.69) is 10.3 Å². The summed E-state index contributed by atoms with van der Waals surface area (Å²) < 4.78 is 5.28. The molecular weight excluding hydrogens is 421 g/mol. The number of aromatic nitrogens is 1. The monoisotopic (exact) mass is 435 g/mol. The molecule has 0 radical (unpaired) electrons. The maximum atomic E-state index is 12.6. The zero-order valence-corrected chi connectivity index (χ0v) is 16.9. The summed E-state index contributed by atoms with van der Waals surface area (Å²) in [4.78, 5) is 30.8. The molecule has 144 valence electrons. The van der Waals surface area contributed by atoms with Gasteiger partial charge in [0.2, 0.25) is 11.8 Å². The minimum absolute atomic E-state index is 0.0654. The Morgan fingerprint density at radius 2 is 2.21 bits per heavy atom. The van der Waals surface area contributed by atoms with Crippen molar-refractivity contribution in [2.24, 2.45) is 5.92 Å². The number of carbonyl (C=O) groups is 2. The molecule has 3 aromatic rings. The van der Waals surface area contributed by atoms with Crippen LogP contribution in [0.2, 0.25) is 10.0 Å². The van der Waals surface area contributed by atoms with Crippen molar-refractivity contribution in [2.45, 2.75) is 13.0 Å². The van der Waals surface area contributed by atoms with Crippen LogP contribution in [-0.4, -0.2) is 28.2 Å². The Morgan fingerprint density at radius 1 is 1.36 bits per heavy atom. The number of rotatable bonds is 5. The summed E-state index contributed by atoms with van der Waals surface area (Å²) >= 11 is 13.4. The smallest absolute Gasteiger partial charge is 0.231 e. The minimum atomic E-state index is -0.422. The van der Waals surface area contributed by atoms with Gasteiger partial charge in [-0.2, -0.15) is 0 Å². The first kappa shape index (κ1) is 19.0. The number of amides is 2. The molecule has 2 amide bonds. The fourth-order valence-electron chi connectivity index (χ4n) is 3.05. The Bertz CT molecular complexity index is 1020. The van der Waals surface area contributed by atoms with Gasteiger partial charge in [-0.25, -0.2) is 4.98 Å². The zero-order chi connectivity index (χ0) is 19.7. The normalized spacial score (nSPS) is 16.6. The van der Waals surface area contributed by atoms with Crippen LogP contribution >= 0.6 is 34.5 Å². The predicted octanol–water partition coefficient (Wildman–Crippen LogP) is 4.70. The zero-order valence-electron chi connectivity index (χ0n) is 14.5. The van der Waals surface area contributed by atoms with Crippen LogP contribution in [0.25, 0.3) is 11.3 Å². The molecule has 0 saturated carbocycles. The van der Waals surface area contributed by atoms with E-state index in [1.54, 1.807) is 41.5 Å². The molecule has 1 atom stereocenters. The predicted molar refractivity (Wildman–Crippen MR) is 108 cm³/mol. The SMILES string of the molecule is O=C(Nc1nc(-c2ccc(Cl)cc2Cl)cs1)C1CC(=O)N(Cc2ccco2)C1. The van der Waals surface area contributed by atoms with E-state index in [-0.39, 0.29) is 18.2 Å². The average Bonchev–Trinajstić information content (AvgIpc) is 3.38. The van der Waals surface area contributed by atoms with E-state index in [9.17, 15) is 9.59 Å². The molecule has 1 aliphatic rings. The number of thiazole rings is 1. The van der Waals surface area contributed by atoms with Crippen molar-refractivity contribution in [1.29, 1.82) is 0 Å². The lowest BCUT2D eigenvalue weighted by Gasteiger charge is -2.14. The van der Waals surface area contributed by atoms with Gasteiger partial charge in [-0.3, -0.25) is 9.59 Å². The second kappa shape index (κ2) is 7.95. The van der Waals surface area contributed by atoms with Crippen LogP contribution < -0.4 is 5.32 Å². The first-order chi connectivity index (χ1) is 13.5. The molecule has 4 rings (SSSR count). The number of furan rings is 1. The molecule has 28 heavy (non-hydrogen) atoms. The molecule has 1 saturated heterocycles. The highest BCUT2D eigenvalue weighted by Crippen LogP contribution is 2.32. The van der Waals surface area contributed by atoms with Crippen molar-refractivity contribution < 1.29 is 14.0 Å². The molecule has 0 bridgehead atoms. The largest absolute Gasteiger partial charge is 0.467 e. The van der Waals surface area contributed by atoms with Crippen LogP contribution in [0, 0.1) is 5.92 Å². The number of likely N-dealkylation sites (tertiary alicyclic amines) is 1. The van der Waals surface area contributed by atoms with Crippen LogP contribution in [0.15, 0.2) is 46.4 Å². The highest BCUT2D eigenvalue weighted by molar-refractivity contribution is 7.14. The van der Waals surface area contributed by atoms with Crippen molar-refractivity contribution in [1.82, 2.24) is 9.88 Å². The van der Waals surface area contributed by atoms with Gasteiger partial charge in [0, 0.05) is 28.9 Å². The molecule has 3 heterocycles. The van der Waals surface area contributed by atoms with Crippen LogP contribution in [-0.2, 0) is 16.1 Å². The number of carbonyl (C=O) groups excluding carboxylic acids is 2. The van der Waals surface area contributed by atoms with Gasteiger partial charge in [-0.05, 0) is 30.3 Å². The molecule has 0 aliphatic carbocycles. The highest BCUT2D eigenvalue weighted by atomic mass is 35.5. The molecule has 1 aromatic carbocycles. The van der Waals surface area contributed by atoms with E-state index in [1.807, 2.05) is 5.38 Å². The van der Waals surface area contributed by atoms with Crippen LogP contribution in [0.4, 0.5) is 5.13 Å². The third-order valence-corrected chi connectivity index (χ3v) is 5.76. The van der Waals surface area contributed by atoms with Gasteiger partial charge < -0.3 is 14.6 Å². The minimum Gasteiger partial charge on any atom is -0.467 e. The molecule has 9 heteroatoms. The lowest BCUT2D eigenvalue weighted by Crippen LogP contribution is -2.27. The lowest BCUT2D eigenvalue weighted by molar-refractivity contribution is -0.128. The summed E-state index contributed by atoms with van der Waals surface area (Å²) in [5.41, 5.74) is 1.40. The molecule has 2 aromatic heterocycles. The Labute approximate surface area is 175 Å². The number of hydrogen-bond donors (Lipinski definition) is 1. The average molecular weight is 436 g/mol. The summed E-state index contributed by atoms with van der Waals surface area (Å²) in [5.74, 6) is -0.0181. The molecule has 1 fully saturated rings. The number of halogens is 2. The Kier molecular flexibility index (Phi) is 5.39. The van der Waals surface area contributed by atoms with Gasteiger partial charge in [-0.1, -0.05) is 23.2 Å². The van der Waals surface area contributed by atoms with E-state index in [0.717, 1.165) is 5.56 Å². The highest BCUT2D eigenvalue weighted by Gasteiger charge is 2.35. The maximum absolute atomic E-state index is 12.6. The van der Waals surface area contributed by atoms with E-state index in [0.29, 0.717) is 39.7 Å². The van der Waals surface area contributed by atoms with Crippen molar-refractivity contribution in [2.75, 3.05) is 11.9 Å². The van der Waals surface area contributed by atoms with Gasteiger partial charge in [0.15, 0.2) is 5.13 Å². The quantitative estimate of drug-likeness (QED) is 0.629. The Morgan fingerprint density at radius 3 is 2.96 bits per heavy atom. The summed E-state index contributed by atoms with van der Waals surface area (Å²) in [6.07, 6.45) is 1.74. The van der Waals surface area contributed by atoms with E-state index >= 15 is 0 Å². The van der Waals surface area contributed by atoms with Gasteiger partial charge in [0.25, 0.3) is 0 Å². The van der Waals surface area contributed by atoms with Crippen LogP contribution in [0.5, 0.6) is 0 Å². The van der Waals surface area contributed by atoms with Crippen LogP contribution in [0.3, 0.4) is 0 Å². The van der Waals surface area contributed by atoms with Gasteiger partial charge >= 0.3 is 0 Å². The molecule has 1 N–H and O–H groups in total. The van der Waals surface area contributed by atoms with Crippen molar-refractivity contribution >= 4 is 51.5 Å². The second-order valence-electron chi connectivity index (χ2n) is 6.41. The number of nitrogens with zero attached hydrogens (tertiary/aromatic N) is 2. The molecular formula is C19H15Cl2N3O3S. The van der Waals surface area contributed by atoms with Gasteiger partial charge in [0.05, 0.1) is 29.4 Å². The fourth-order valence-corrected chi connectivity index (χ4v) is 4.27. The first-order valence-corrected chi connectivity index (χ1v) is 10.1. The van der Waals surface area contributed by atoms with E-state index in [4.69, 9.17) is 27.6 Å². The molecule has 1 aliphatic heterocycles. The number of hydrogen-bond acceptors (Lipinski definition) is 5. The van der Waals surface area contributed by atoms with Gasteiger partial charge in [0.1, 0.15) is 5.76 Å². The number of benzene rings is 1. The topological polar surface area (TPSA) is 75.4 Å². The van der Waals surface area contributed by atoms with E-state index in [1.165, 1.54) is 11.3 Å². The Balaban J connectivity index is 1.40. The second-order valence-corrected chi connectivity index (χ2v) is 8.11. The summed E-state index contributed by atoms with van der Waals surface area (Å²) in [6, 6.07) is 8.74. The summed E-state index contributed by atoms with van der Waals surface area (Å²) in [7, 11) is 0. The molecule has 6 nitrogen and oxygen atoms in total. The Hall–Kier alpha value is -2.35. The first-order valence-electron chi connectivity index (χ1n) is 8.51. The van der Waals surface area contributed by atoms with Crippen molar-refractivity contribution in [3.8, 4) is 11.3 Å². The van der Waals surface area contributed by atoms with Gasteiger partial charge in [-0.15, -0.1) is 11.3 Å². The standard InChI is InChI=1S/C19H15Cl2N3O3S/c20-12-3-4-14(15(21)7-12)16-10-28-19(22-16)23-18(26)11-6-17(25)24(8-11)9-13-2-1-5-27-13/h1-5,7,10-11H,6,8-9H2,(H,22,23,26). The number of nitrogens with one attached hydrogen (secondary N) is 1. The van der Waals surface area contributed by atoms with E-state index < -0.39 is 5.92 Å². The summed E-state index contributed by atoms with van der Waals surface area (Å²) in [6.45, 7) is 0.721. The van der Waals surface area contributed by atoms with Crippen molar-refractivity contribution in [3.05, 3.63) is 57.8 Å². The van der Waals surface area contributed by atoms with Crippen molar-refractivity contribution in [3.63, 3.8) is 0 Å². The summed E-state index contributed by atoms with van der Waals surface area (Å²) in [5, 5.41) is 6.11. The fraction of sp³-hybridized carbons (Fsp3) is 0.211. The third-order valence-electron chi connectivity index (χ3n) is 4.45. The number of anilines is 1. The van der Waals surface area contributed by atoms with Crippen LogP contribution in [0.1, 0.15) is 12.2 Å². The maximum Gasteiger partial charge on any atom is 0.231 e. The lowest BCUT2D eigenvalue weighted by atomic mass is 10.1.